The van der Waals surface area contributed by atoms with Crippen LogP contribution in [0.1, 0.15) is 108 Å². The van der Waals surface area contributed by atoms with Crippen LogP contribution >= 0.6 is 24.8 Å². The number of hydrogen-bond acceptors (Lipinski definition) is 0. The Morgan fingerprint density at radius 1 is 0.473 bits per heavy atom. The second-order valence-corrected chi connectivity index (χ2v) is 33.3. The normalized spacial score (nSPS) is 23.2. The molecule has 4 atom stereocenters. The number of halogens is 2. The Balaban J connectivity index is 0.00000214. The van der Waals surface area contributed by atoms with Crippen LogP contribution in [0.4, 0.5) is 0 Å². The van der Waals surface area contributed by atoms with Crippen molar-refractivity contribution in [3.63, 3.8) is 0 Å². The first-order valence-electron chi connectivity index (χ1n) is 20.9. The molecule has 1 aliphatic heterocycles. The van der Waals surface area contributed by atoms with Crippen LogP contribution in [0, 0.1) is 0 Å². The monoisotopic (exact) mass is 928 g/mol. The fourth-order valence-electron chi connectivity index (χ4n) is 11.9. The van der Waals surface area contributed by atoms with Gasteiger partial charge in [0, 0.05) is 0 Å². The first-order chi connectivity index (χ1) is 26.2. The van der Waals surface area contributed by atoms with E-state index in [0.29, 0.717) is 7.35 Å². The summed E-state index contributed by atoms with van der Waals surface area (Å²) in [6.07, 6.45) is 19.0. The molecule has 10 rings (SSSR count). The van der Waals surface area contributed by atoms with Crippen molar-refractivity contribution in [1.82, 2.24) is 0 Å². The van der Waals surface area contributed by atoms with Crippen molar-refractivity contribution in [2.24, 2.45) is 0 Å². The van der Waals surface area contributed by atoms with Crippen LogP contribution in [0.2, 0.25) is 7.35 Å². The molecule has 6 aromatic rings. The molecule has 0 aromatic heterocycles. The van der Waals surface area contributed by atoms with E-state index in [0.717, 1.165) is 7.35 Å². The van der Waals surface area contributed by atoms with E-state index in [2.05, 4.69) is 147 Å². The number of rotatable bonds is 10. The second kappa shape index (κ2) is 16.0. The topological polar surface area (TPSA) is 0 Å². The zero-order valence-electron chi connectivity index (χ0n) is 32.4. The molecule has 0 bridgehead atoms. The molecule has 0 N–H and O–H groups in total. The van der Waals surface area contributed by atoms with Gasteiger partial charge < -0.3 is 0 Å². The van der Waals surface area contributed by atoms with Crippen LogP contribution < -0.4 is 0 Å². The summed E-state index contributed by atoms with van der Waals surface area (Å²) in [7, 11) is 0. The Kier molecular flexibility index (Phi) is 11.2. The standard InChI is InChI=1S/2C23H21.C6H10.2ClH.Hf/c2*1-2-3-8-17-15-19-11-7-14-22(23(19)16-17)21-13-6-10-18-9-4-5-12-20(18)21;1-2-4-6-5-3-1;;;/h2*4-7,9-16H,2-3,8H2,1H3;1-2H,3-6H2;2*1H;. The van der Waals surface area contributed by atoms with Crippen molar-refractivity contribution in [3.05, 3.63) is 155 Å². The van der Waals surface area contributed by atoms with E-state index in [9.17, 15) is 0 Å². The van der Waals surface area contributed by atoms with Gasteiger partial charge in [0.2, 0.25) is 0 Å². The van der Waals surface area contributed by atoms with E-state index in [1.807, 2.05) is 11.1 Å². The Hall–Kier alpha value is -3.23. The third-order valence-electron chi connectivity index (χ3n) is 14.0. The average molecular weight is 928 g/mol. The summed E-state index contributed by atoms with van der Waals surface area (Å²) < 4.78 is 3.38. The van der Waals surface area contributed by atoms with Gasteiger partial charge in [-0.25, -0.2) is 0 Å². The Bertz CT molecular complexity index is 2260. The zero-order chi connectivity index (χ0) is 35.5. The van der Waals surface area contributed by atoms with Crippen molar-refractivity contribution < 1.29 is 20.0 Å². The minimum atomic E-state index is -3.34. The predicted molar refractivity (Wildman–Crippen MR) is 240 cm³/mol. The van der Waals surface area contributed by atoms with E-state index in [1.165, 1.54) is 108 Å². The number of benzene rings is 6. The molecular formula is C52H54Cl2Hf. The third-order valence-corrected chi connectivity index (χ3v) is 38.9. The zero-order valence-corrected chi connectivity index (χ0v) is 37.6. The molecule has 2 fully saturated rings. The van der Waals surface area contributed by atoms with E-state index >= 15 is 0 Å². The minimum absolute atomic E-state index is 0. The quantitative estimate of drug-likeness (QED) is 0.120. The van der Waals surface area contributed by atoms with Gasteiger partial charge in [-0.3, -0.25) is 0 Å². The first kappa shape index (κ1) is 38.6. The predicted octanol–water partition coefficient (Wildman–Crippen LogP) is 16.4. The maximum absolute atomic E-state index is 3.34. The van der Waals surface area contributed by atoms with E-state index in [-0.39, 0.29) is 24.8 Å². The maximum Gasteiger partial charge on any atom is -0.147 e. The third kappa shape index (κ3) is 6.18. The van der Waals surface area contributed by atoms with Crippen LogP contribution in [0.15, 0.2) is 132 Å². The van der Waals surface area contributed by atoms with Gasteiger partial charge in [0.15, 0.2) is 0 Å². The number of hydrogen-bond donors (Lipinski definition) is 0. The minimum Gasteiger partial charge on any atom is -0.147 e. The molecule has 4 aliphatic rings. The maximum atomic E-state index is 2.76. The van der Waals surface area contributed by atoms with Crippen molar-refractivity contribution in [3.8, 4) is 22.3 Å². The Labute approximate surface area is 345 Å². The van der Waals surface area contributed by atoms with E-state index in [1.54, 1.807) is 22.3 Å². The average Bonchev–Trinajstić information content (AvgIpc) is 3.47. The van der Waals surface area contributed by atoms with Crippen molar-refractivity contribution >= 4 is 58.5 Å². The molecule has 3 aliphatic carbocycles. The van der Waals surface area contributed by atoms with Gasteiger partial charge in [0.1, 0.15) is 0 Å². The molecule has 0 amide bonds. The molecule has 280 valence electrons. The van der Waals surface area contributed by atoms with Crippen LogP contribution in [0.5, 0.6) is 0 Å². The molecule has 0 spiro atoms. The summed E-state index contributed by atoms with van der Waals surface area (Å²) in [6.45, 7) is 4.79. The molecule has 1 heterocycles. The van der Waals surface area contributed by atoms with Gasteiger partial charge in [-0.05, 0) is 0 Å². The Morgan fingerprint density at radius 2 is 0.873 bits per heavy atom. The number of allylic oxidation sites excluding steroid dienone is 2. The van der Waals surface area contributed by atoms with Crippen molar-refractivity contribution in [1.29, 1.82) is 0 Å². The molecule has 4 unspecified atom stereocenters. The number of unbranched alkanes of at least 4 members (excludes halogenated alkanes) is 2. The fourth-order valence-corrected chi connectivity index (χ4v) is 47.4. The van der Waals surface area contributed by atoms with Crippen LogP contribution in [-0.2, 0) is 20.0 Å². The molecule has 0 radical (unpaired) electrons. The second-order valence-electron chi connectivity index (χ2n) is 16.7. The summed E-state index contributed by atoms with van der Waals surface area (Å²) in [4.78, 5) is 0. The molecule has 1 saturated heterocycles. The largest absolute Gasteiger partial charge is 0.147 e. The SMILES string of the molecule is CCCCC1=Cc2c(-c3cccc4ccccc34)cccc2[CH]1[Hf]1([CH]2C(CCCC)=Cc3c(-c4cccc5ccccc45)cccc32)[CH]2CCCC[CH]21.Cl.Cl. The molecule has 55 heavy (non-hydrogen) atoms. The van der Waals surface area contributed by atoms with Gasteiger partial charge in [0.25, 0.3) is 0 Å². The Morgan fingerprint density at radius 3 is 1.33 bits per heavy atom. The molecular weight excluding hydrogens is 874 g/mol. The molecule has 0 nitrogen and oxygen atoms in total. The van der Waals surface area contributed by atoms with Gasteiger partial charge >= 0.3 is 323 Å². The molecule has 6 aromatic carbocycles. The fraction of sp³-hybridized carbons (Fsp3) is 0.308. The van der Waals surface area contributed by atoms with Crippen LogP contribution in [0.3, 0.4) is 0 Å². The summed E-state index contributed by atoms with van der Waals surface area (Å²) >= 11 is -3.34. The van der Waals surface area contributed by atoms with Gasteiger partial charge in [-0.2, -0.15) is 0 Å². The first-order valence-corrected chi connectivity index (χ1v) is 29.2. The summed E-state index contributed by atoms with van der Waals surface area (Å²) in [5.74, 6) is 0. The van der Waals surface area contributed by atoms with Crippen LogP contribution in [0.25, 0.3) is 56.0 Å². The molecule has 3 heteroatoms. The van der Waals surface area contributed by atoms with Crippen molar-refractivity contribution in [2.45, 2.75) is 92.8 Å². The van der Waals surface area contributed by atoms with Crippen LogP contribution in [-0.4, -0.2) is 0 Å². The molecule has 1 saturated carbocycles. The van der Waals surface area contributed by atoms with E-state index < -0.39 is 20.0 Å². The summed E-state index contributed by atoms with van der Waals surface area (Å²) in [5, 5.41) is 5.44. The smallest absolute Gasteiger partial charge is 0.147 e. The summed E-state index contributed by atoms with van der Waals surface area (Å²) in [6, 6.07) is 46.9. The van der Waals surface area contributed by atoms with E-state index in [4.69, 9.17) is 0 Å². The summed E-state index contributed by atoms with van der Waals surface area (Å²) in [5.41, 5.74) is 15.9. The van der Waals surface area contributed by atoms with Gasteiger partial charge in [-0.15, -0.1) is 24.8 Å². The number of fused-ring (bicyclic) bond motifs is 5. The van der Waals surface area contributed by atoms with Crippen molar-refractivity contribution in [2.75, 3.05) is 0 Å². The van der Waals surface area contributed by atoms with Gasteiger partial charge in [-0.1, -0.05) is 0 Å². The van der Waals surface area contributed by atoms with Gasteiger partial charge in [0.05, 0.1) is 0 Å².